The molecule has 3 unspecified atom stereocenters. The third kappa shape index (κ3) is 5.41. The van der Waals surface area contributed by atoms with Crippen molar-refractivity contribution in [3.63, 3.8) is 0 Å². The first-order valence-corrected chi connectivity index (χ1v) is 6.86. The van der Waals surface area contributed by atoms with Crippen molar-refractivity contribution in [3.8, 4) is 0 Å². The molecule has 96 valence electrons. The number of rotatable bonds is 4. The van der Waals surface area contributed by atoms with E-state index in [9.17, 15) is 4.79 Å². The minimum atomic E-state index is -0.385. The number of hydrogen-bond donors (Lipinski definition) is 2. The number of carbonyl (C=O) groups excluding carboxylic acids is 1. The molecular formula is C11H23ClN2OS. The van der Waals surface area contributed by atoms with Crippen LogP contribution in [-0.4, -0.2) is 29.0 Å². The number of amides is 1. The predicted molar refractivity (Wildman–Crippen MR) is 73.2 cm³/mol. The molecule has 0 saturated heterocycles. The molecule has 0 aromatic carbocycles. The molecule has 1 aliphatic carbocycles. The Balaban J connectivity index is 0.00000225. The van der Waals surface area contributed by atoms with Gasteiger partial charge in [-0.2, -0.15) is 11.8 Å². The second-order valence-electron chi connectivity index (χ2n) is 4.24. The maximum atomic E-state index is 11.4. The summed E-state index contributed by atoms with van der Waals surface area (Å²) in [5.41, 5.74) is 5.53. The van der Waals surface area contributed by atoms with Crippen molar-refractivity contribution in [1.29, 1.82) is 0 Å². The maximum absolute atomic E-state index is 11.4. The minimum absolute atomic E-state index is 0. The van der Waals surface area contributed by atoms with E-state index < -0.39 is 0 Å². The highest BCUT2D eigenvalue weighted by Gasteiger charge is 2.23. The van der Waals surface area contributed by atoms with E-state index in [-0.39, 0.29) is 24.4 Å². The van der Waals surface area contributed by atoms with Crippen LogP contribution in [0, 0.1) is 0 Å². The van der Waals surface area contributed by atoms with Crippen LogP contribution in [0.1, 0.15) is 39.5 Å². The van der Waals surface area contributed by atoms with Gasteiger partial charge in [0.05, 0.1) is 6.04 Å². The lowest BCUT2D eigenvalue weighted by Gasteiger charge is -2.29. The molecule has 0 aliphatic heterocycles. The Hall–Kier alpha value is 0.0700. The van der Waals surface area contributed by atoms with Crippen LogP contribution in [0.4, 0.5) is 0 Å². The zero-order chi connectivity index (χ0) is 11.3. The van der Waals surface area contributed by atoms with Gasteiger partial charge in [-0.1, -0.05) is 13.3 Å². The molecule has 3 N–H and O–H groups in total. The second kappa shape index (κ2) is 8.20. The van der Waals surface area contributed by atoms with Crippen LogP contribution in [0.15, 0.2) is 0 Å². The first-order chi connectivity index (χ1) is 7.13. The summed E-state index contributed by atoms with van der Waals surface area (Å²) in [4.78, 5) is 11.4. The van der Waals surface area contributed by atoms with Crippen molar-refractivity contribution in [2.24, 2.45) is 5.73 Å². The number of nitrogens with one attached hydrogen (secondary N) is 1. The van der Waals surface area contributed by atoms with E-state index in [4.69, 9.17) is 5.73 Å². The van der Waals surface area contributed by atoms with Crippen LogP contribution in [0.25, 0.3) is 0 Å². The Labute approximate surface area is 109 Å². The van der Waals surface area contributed by atoms with E-state index in [1.165, 1.54) is 18.6 Å². The SMILES string of the molecule is CCSC1CCCC(NC(=O)C(C)N)C1.Cl. The van der Waals surface area contributed by atoms with Gasteiger partial charge in [0.25, 0.3) is 0 Å². The summed E-state index contributed by atoms with van der Waals surface area (Å²) in [5.74, 6) is 1.15. The lowest BCUT2D eigenvalue weighted by molar-refractivity contribution is -0.122. The fourth-order valence-electron chi connectivity index (χ4n) is 2.00. The zero-order valence-electron chi connectivity index (χ0n) is 10.1. The van der Waals surface area contributed by atoms with Gasteiger partial charge < -0.3 is 11.1 Å². The Morgan fingerprint density at radius 2 is 2.25 bits per heavy atom. The molecule has 0 radical (unpaired) electrons. The largest absolute Gasteiger partial charge is 0.352 e. The molecule has 0 spiro atoms. The van der Waals surface area contributed by atoms with Crippen LogP contribution in [0.3, 0.4) is 0 Å². The highest BCUT2D eigenvalue weighted by atomic mass is 35.5. The molecule has 5 heteroatoms. The van der Waals surface area contributed by atoms with Crippen molar-refractivity contribution in [1.82, 2.24) is 5.32 Å². The number of hydrogen-bond acceptors (Lipinski definition) is 3. The fourth-order valence-corrected chi connectivity index (χ4v) is 3.17. The quantitative estimate of drug-likeness (QED) is 0.818. The van der Waals surface area contributed by atoms with Gasteiger partial charge in [-0.25, -0.2) is 0 Å². The van der Waals surface area contributed by atoms with Crippen molar-refractivity contribution >= 4 is 30.1 Å². The van der Waals surface area contributed by atoms with Gasteiger partial charge in [0.1, 0.15) is 0 Å². The van der Waals surface area contributed by atoms with Crippen LogP contribution in [0.5, 0.6) is 0 Å². The smallest absolute Gasteiger partial charge is 0.236 e. The standard InChI is InChI=1S/C11H22N2OS.ClH/c1-3-15-10-6-4-5-9(7-10)13-11(14)8(2)12;/h8-10H,3-7,12H2,1-2H3,(H,13,14);1H. The first kappa shape index (κ1) is 16.1. The Morgan fingerprint density at radius 1 is 1.56 bits per heavy atom. The molecule has 0 bridgehead atoms. The predicted octanol–water partition coefficient (Wildman–Crippen LogP) is 1.94. The second-order valence-corrected chi connectivity index (χ2v) is 5.82. The molecule has 0 aromatic heterocycles. The Morgan fingerprint density at radius 3 is 2.81 bits per heavy atom. The van der Waals surface area contributed by atoms with Gasteiger partial charge in [0.2, 0.25) is 5.91 Å². The topological polar surface area (TPSA) is 55.1 Å². The molecule has 1 aliphatic rings. The van der Waals surface area contributed by atoms with Gasteiger partial charge >= 0.3 is 0 Å². The Bertz CT molecular complexity index is 212. The molecule has 3 atom stereocenters. The van der Waals surface area contributed by atoms with E-state index in [2.05, 4.69) is 12.2 Å². The number of halogens is 1. The van der Waals surface area contributed by atoms with E-state index >= 15 is 0 Å². The van der Waals surface area contributed by atoms with Gasteiger partial charge in [0, 0.05) is 11.3 Å². The molecule has 1 amide bonds. The monoisotopic (exact) mass is 266 g/mol. The summed E-state index contributed by atoms with van der Waals surface area (Å²) in [6, 6.07) is -0.0366. The summed E-state index contributed by atoms with van der Waals surface area (Å²) >= 11 is 2.01. The van der Waals surface area contributed by atoms with Crippen LogP contribution < -0.4 is 11.1 Å². The van der Waals surface area contributed by atoms with Crippen molar-refractivity contribution < 1.29 is 4.79 Å². The summed E-state index contributed by atoms with van der Waals surface area (Å²) in [6.45, 7) is 3.92. The summed E-state index contributed by atoms with van der Waals surface area (Å²) < 4.78 is 0. The number of thioether (sulfide) groups is 1. The highest BCUT2D eigenvalue weighted by molar-refractivity contribution is 7.99. The molecule has 1 rings (SSSR count). The molecule has 1 fully saturated rings. The van der Waals surface area contributed by atoms with Gasteiger partial charge in [-0.3, -0.25) is 4.79 Å². The summed E-state index contributed by atoms with van der Waals surface area (Å²) in [5, 5.41) is 3.75. The van der Waals surface area contributed by atoms with Gasteiger partial charge in [-0.05, 0) is 31.9 Å². The van der Waals surface area contributed by atoms with Crippen LogP contribution in [-0.2, 0) is 4.79 Å². The lowest BCUT2D eigenvalue weighted by atomic mass is 9.95. The van der Waals surface area contributed by atoms with Crippen LogP contribution >= 0.6 is 24.2 Å². The molecule has 16 heavy (non-hydrogen) atoms. The van der Waals surface area contributed by atoms with E-state index in [1.807, 2.05) is 11.8 Å². The lowest BCUT2D eigenvalue weighted by Crippen LogP contribution is -2.45. The molecular weight excluding hydrogens is 244 g/mol. The minimum Gasteiger partial charge on any atom is -0.352 e. The number of nitrogens with two attached hydrogens (primary N) is 1. The Kier molecular flexibility index (Phi) is 8.24. The fraction of sp³-hybridized carbons (Fsp3) is 0.909. The summed E-state index contributed by atoms with van der Waals surface area (Å²) in [6.07, 6.45) is 4.74. The third-order valence-electron chi connectivity index (χ3n) is 2.79. The third-order valence-corrected chi connectivity index (χ3v) is 4.02. The maximum Gasteiger partial charge on any atom is 0.236 e. The van der Waals surface area contributed by atoms with E-state index in [0.717, 1.165) is 18.1 Å². The molecule has 0 heterocycles. The van der Waals surface area contributed by atoms with Gasteiger partial charge in [0.15, 0.2) is 0 Å². The average molecular weight is 267 g/mol. The van der Waals surface area contributed by atoms with E-state index in [0.29, 0.717) is 6.04 Å². The van der Waals surface area contributed by atoms with Crippen LogP contribution in [0.2, 0.25) is 0 Å². The average Bonchev–Trinajstić information content (AvgIpc) is 2.18. The highest BCUT2D eigenvalue weighted by Crippen LogP contribution is 2.28. The molecule has 3 nitrogen and oxygen atoms in total. The summed E-state index contributed by atoms with van der Waals surface area (Å²) in [7, 11) is 0. The van der Waals surface area contributed by atoms with Crippen molar-refractivity contribution in [2.75, 3.05) is 5.75 Å². The van der Waals surface area contributed by atoms with Gasteiger partial charge in [-0.15, -0.1) is 12.4 Å². The zero-order valence-corrected chi connectivity index (χ0v) is 11.7. The molecule has 1 saturated carbocycles. The van der Waals surface area contributed by atoms with Crippen molar-refractivity contribution in [2.45, 2.75) is 56.9 Å². The normalized spacial score (nSPS) is 26.7. The van der Waals surface area contributed by atoms with Crippen molar-refractivity contribution in [3.05, 3.63) is 0 Å². The van der Waals surface area contributed by atoms with E-state index in [1.54, 1.807) is 6.92 Å². The molecule has 0 aromatic rings. The first-order valence-electron chi connectivity index (χ1n) is 5.81. The number of carbonyl (C=O) groups is 1.